The smallest absolute Gasteiger partial charge is 0.104 e. The van der Waals surface area contributed by atoms with Crippen molar-refractivity contribution in [2.45, 2.75) is 27.7 Å². The lowest BCUT2D eigenvalue weighted by Crippen LogP contribution is -2.14. The third-order valence-corrected chi connectivity index (χ3v) is 14.5. The molecule has 0 N–H and O–H groups in total. The first-order valence-corrected chi connectivity index (χ1v) is 24.1. The van der Waals surface area contributed by atoms with Gasteiger partial charge in [0.2, 0.25) is 0 Å². The van der Waals surface area contributed by atoms with Gasteiger partial charge in [0, 0.05) is 37.9 Å². The number of fused-ring (bicyclic) bond motifs is 9. The van der Waals surface area contributed by atoms with Gasteiger partial charge in [-0.3, -0.25) is 0 Å². The van der Waals surface area contributed by atoms with Crippen molar-refractivity contribution in [3.05, 3.63) is 234 Å². The molecule has 0 aliphatic heterocycles. The van der Waals surface area contributed by atoms with Gasteiger partial charge in [0.15, 0.2) is 0 Å². The molecule has 0 unspecified atom stereocenters. The SMILES string of the molecule is Cc1ccc2c(c1)c1cc(C)ccc1n2-c1c(C#N)c(-n2c3ccc(C)cc3c3cc(-c4ccccc4)ccc32)c(-c2ccccc2)c(-n2c3ccc(C)cc3c3cc(-c4ccccc4)ccc32)c1C#N. The molecule has 13 rings (SSSR count). The van der Waals surface area contributed by atoms with Crippen molar-refractivity contribution in [2.75, 3.05) is 0 Å². The molecule has 0 radical (unpaired) electrons. The first-order valence-electron chi connectivity index (χ1n) is 24.1. The Morgan fingerprint density at radius 1 is 0.282 bits per heavy atom. The molecule has 334 valence electrons. The molecule has 0 atom stereocenters. The Bertz CT molecular complexity index is 4180. The Labute approximate surface area is 411 Å². The summed E-state index contributed by atoms with van der Waals surface area (Å²) in [5, 5.41) is 30.9. The van der Waals surface area contributed by atoms with Gasteiger partial charge >= 0.3 is 0 Å². The van der Waals surface area contributed by atoms with Crippen molar-refractivity contribution in [1.82, 2.24) is 13.7 Å². The monoisotopic (exact) mass is 907 g/mol. The topological polar surface area (TPSA) is 62.4 Å². The number of hydrogen-bond acceptors (Lipinski definition) is 2. The first kappa shape index (κ1) is 41.7. The second-order valence-electron chi connectivity index (χ2n) is 19.0. The van der Waals surface area contributed by atoms with Crippen molar-refractivity contribution in [3.8, 4) is 62.6 Å². The summed E-state index contributed by atoms with van der Waals surface area (Å²) in [5.41, 5.74) is 19.1. The van der Waals surface area contributed by atoms with Crippen molar-refractivity contribution in [3.63, 3.8) is 0 Å². The predicted octanol–water partition coefficient (Wildman–Crippen LogP) is 17.0. The van der Waals surface area contributed by atoms with E-state index in [9.17, 15) is 10.5 Å². The Hall–Kier alpha value is -9.42. The summed E-state index contributed by atoms with van der Waals surface area (Å²) in [6, 6.07) is 76.7. The Kier molecular flexibility index (Phi) is 9.46. The number of hydrogen-bond donors (Lipinski definition) is 0. The lowest BCUT2D eigenvalue weighted by Gasteiger charge is -2.26. The fourth-order valence-electron chi connectivity index (χ4n) is 11.3. The fourth-order valence-corrected chi connectivity index (χ4v) is 11.3. The second kappa shape index (κ2) is 16.1. The molecular weight excluding hydrogens is 863 g/mol. The standard InChI is InChI=1S/C66H45N5/c1-40-20-26-57-49(32-40)50-33-41(2)21-27-58(50)69(57)64-55(38-67)65(70-59-28-22-42(3)34-51(59)53-36-47(24-30-61(53)70)44-14-8-5-9-15-44)63(46-18-12-7-13-19-46)66(56(64)39-68)71-60-29-23-43(4)35-52(60)54-37-48(25-31-62(54)71)45-16-10-6-11-17-45/h5-37H,1-4H3. The van der Waals surface area contributed by atoms with Crippen LogP contribution in [0, 0.1) is 50.4 Å². The molecule has 0 aliphatic carbocycles. The van der Waals surface area contributed by atoms with Crippen LogP contribution in [0.3, 0.4) is 0 Å². The van der Waals surface area contributed by atoms with Gasteiger partial charge in [0.05, 0.1) is 50.2 Å². The second-order valence-corrected chi connectivity index (χ2v) is 19.0. The zero-order valence-corrected chi connectivity index (χ0v) is 39.8. The Morgan fingerprint density at radius 3 is 0.887 bits per heavy atom. The highest BCUT2D eigenvalue weighted by atomic mass is 15.1. The molecule has 71 heavy (non-hydrogen) atoms. The van der Waals surface area contributed by atoms with Gasteiger partial charge in [-0.05, 0) is 128 Å². The molecule has 0 spiro atoms. The minimum atomic E-state index is 0.401. The molecule has 5 nitrogen and oxygen atoms in total. The first-order chi connectivity index (χ1) is 34.8. The maximum atomic E-state index is 12.2. The summed E-state index contributed by atoms with van der Waals surface area (Å²) < 4.78 is 6.81. The number of rotatable bonds is 6. The average molecular weight is 908 g/mol. The highest BCUT2D eigenvalue weighted by Crippen LogP contribution is 2.49. The van der Waals surface area contributed by atoms with Gasteiger partial charge < -0.3 is 13.7 Å². The van der Waals surface area contributed by atoms with E-state index in [1.54, 1.807) is 0 Å². The van der Waals surface area contributed by atoms with Crippen LogP contribution in [-0.2, 0) is 0 Å². The summed E-state index contributed by atoms with van der Waals surface area (Å²) in [6.45, 7) is 8.50. The van der Waals surface area contributed by atoms with Crippen molar-refractivity contribution >= 4 is 65.4 Å². The van der Waals surface area contributed by atoms with E-state index in [0.29, 0.717) is 28.2 Å². The van der Waals surface area contributed by atoms with Crippen molar-refractivity contribution in [2.24, 2.45) is 0 Å². The average Bonchev–Trinajstić information content (AvgIpc) is 4.01. The quantitative estimate of drug-likeness (QED) is 0.167. The van der Waals surface area contributed by atoms with Crippen molar-refractivity contribution < 1.29 is 0 Å². The van der Waals surface area contributed by atoms with E-state index in [0.717, 1.165) is 121 Å². The number of benzene rings is 10. The number of nitrogens with zero attached hydrogens (tertiary/aromatic N) is 5. The van der Waals surface area contributed by atoms with Gasteiger partial charge in [-0.2, -0.15) is 10.5 Å². The minimum absolute atomic E-state index is 0.401. The molecule has 0 aliphatic rings. The summed E-state index contributed by atoms with van der Waals surface area (Å²) in [7, 11) is 0. The van der Waals surface area contributed by atoms with Crippen molar-refractivity contribution in [1.29, 1.82) is 10.5 Å². The highest BCUT2D eigenvalue weighted by molar-refractivity contribution is 6.16. The zero-order valence-electron chi connectivity index (χ0n) is 39.8. The van der Waals surface area contributed by atoms with Crippen LogP contribution >= 0.6 is 0 Å². The van der Waals surface area contributed by atoms with E-state index < -0.39 is 0 Å². The van der Waals surface area contributed by atoms with E-state index >= 15 is 0 Å². The summed E-state index contributed by atoms with van der Waals surface area (Å²) >= 11 is 0. The maximum Gasteiger partial charge on any atom is 0.104 e. The fraction of sp³-hybridized carbons (Fsp3) is 0.0606. The van der Waals surface area contributed by atoms with Crippen LogP contribution < -0.4 is 0 Å². The molecule has 0 fully saturated rings. The number of aryl methyl sites for hydroxylation is 4. The van der Waals surface area contributed by atoms with Crippen LogP contribution in [-0.4, -0.2) is 13.7 Å². The van der Waals surface area contributed by atoms with Crippen LogP contribution in [0.1, 0.15) is 33.4 Å². The van der Waals surface area contributed by atoms with Crippen LogP contribution in [0.4, 0.5) is 0 Å². The third kappa shape index (κ3) is 6.38. The van der Waals surface area contributed by atoms with Crippen LogP contribution in [0.2, 0.25) is 0 Å². The maximum absolute atomic E-state index is 12.2. The molecule has 10 aromatic carbocycles. The predicted molar refractivity (Wildman–Crippen MR) is 294 cm³/mol. The summed E-state index contributed by atoms with van der Waals surface area (Å²) in [4.78, 5) is 0. The molecule has 0 amide bonds. The lowest BCUT2D eigenvalue weighted by molar-refractivity contribution is 1.08. The summed E-state index contributed by atoms with van der Waals surface area (Å²) in [6.07, 6.45) is 0. The largest absolute Gasteiger partial charge is 0.307 e. The van der Waals surface area contributed by atoms with Gasteiger partial charge in [0.25, 0.3) is 0 Å². The highest BCUT2D eigenvalue weighted by Gasteiger charge is 2.33. The van der Waals surface area contributed by atoms with Gasteiger partial charge in [0.1, 0.15) is 23.3 Å². The molecule has 0 saturated carbocycles. The van der Waals surface area contributed by atoms with E-state index in [4.69, 9.17) is 0 Å². The molecule has 3 aromatic heterocycles. The van der Waals surface area contributed by atoms with Crippen LogP contribution in [0.25, 0.3) is 116 Å². The molecule has 0 saturated heterocycles. The van der Waals surface area contributed by atoms with Gasteiger partial charge in [-0.1, -0.05) is 150 Å². The minimum Gasteiger partial charge on any atom is -0.307 e. The molecule has 3 heterocycles. The molecular formula is C66H45N5. The number of aromatic nitrogens is 3. The van der Waals surface area contributed by atoms with E-state index in [-0.39, 0.29) is 0 Å². The van der Waals surface area contributed by atoms with Crippen LogP contribution in [0.5, 0.6) is 0 Å². The zero-order chi connectivity index (χ0) is 48.1. The molecule has 0 bridgehead atoms. The van der Waals surface area contributed by atoms with E-state index in [2.05, 4.69) is 236 Å². The third-order valence-electron chi connectivity index (χ3n) is 14.5. The summed E-state index contributed by atoms with van der Waals surface area (Å²) in [5.74, 6) is 0. The normalized spacial score (nSPS) is 11.6. The van der Waals surface area contributed by atoms with E-state index in [1.807, 2.05) is 18.2 Å². The lowest BCUT2D eigenvalue weighted by atomic mass is 9.91. The Balaban J connectivity index is 1.29. The Morgan fingerprint density at radius 2 is 0.563 bits per heavy atom. The van der Waals surface area contributed by atoms with E-state index in [1.165, 1.54) is 0 Å². The van der Waals surface area contributed by atoms with Gasteiger partial charge in [-0.25, -0.2) is 0 Å². The van der Waals surface area contributed by atoms with Gasteiger partial charge in [-0.15, -0.1) is 0 Å². The van der Waals surface area contributed by atoms with Crippen LogP contribution in [0.15, 0.2) is 200 Å². The number of nitriles is 2. The molecule has 13 aromatic rings. The molecule has 5 heteroatoms.